The van der Waals surface area contributed by atoms with Crippen LogP contribution in [0.15, 0.2) is 0 Å². The van der Waals surface area contributed by atoms with Gasteiger partial charge in [0, 0.05) is 12.4 Å². The van der Waals surface area contributed by atoms with Gasteiger partial charge in [-0.15, -0.1) is 0 Å². The Labute approximate surface area is 182 Å². The molecule has 0 spiro atoms. The Kier molecular flexibility index (Phi) is 21.2. The SMILES string of the molecule is CCCCCCCCCCCCCCCCC(COP(=O)([O-])OCCBr)OC. The summed E-state index contributed by atoms with van der Waals surface area (Å²) in [5, 5.41) is 0.454. The molecule has 0 saturated carbocycles. The summed E-state index contributed by atoms with van der Waals surface area (Å²) in [5.41, 5.74) is 0. The maximum atomic E-state index is 11.5. The Hall–Kier alpha value is 0.550. The average molecular weight is 486 g/mol. The van der Waals surface area contributed by atoms with E-state index in [1.165, 1.54) is 77.0 Å². The Bertz CT molecular complexity index is 371. The largest absolute Gasteiger partial charge is 0.756 e. The van der Waals surface area contributed by atoms with E-state index in [0.29, 0.717) is 5.33 Å². The van der Waals surface area contributed by atoms with E-state index in [-0.39, 0.29) is 19.3 Å². The predicted octanol–water partition coefficient (Wildman–Crippen LogP) is 6.77. The number of phosphoric acid groups is 1. The normalized spacial score (nSPS) is 14.9. The van der Waals surface area contributed by atoms with Crippen LogP contribution in [0.5, 0.6) is 0 Å². The van der Waals surface area contributed by atoms with Crippen LogP contribution in [0.4, 0.5) is 0 Å². The lowest BCUT2D eigenvalue weighted by Crippen LogP contribution is -2.20. The Morgan fingerprint density at radius 2 is 1.29 bits per heavy atom. The molecule has 0 amide bonds. The molecule has 0 N–H and O–H groups in total. The second-order valence-corrected chi connectivity index (χ2v) is 9.71. The van der Waals surface area contributed by atoms with Gasteiger partial charge >= 0.3 is 0 Å². The lowest BCUT2D eigenvalue weighted by Gasteiger charge is -2.24. The maximum absolute atomic E-state index is 11.5. The molecule has 170 valence electrons. The molecule has 0 rings (SSSR count). The quantitative estimate of drug-likeness (QED) is 0.0960. The number of methoxy groups -OCH3 is 1. The van der Waals surface area contributed by atoms with Crippen LogP contribution in [0.1, 0.15) is 103 Å². The Morgan fingerprint density at radius 1 is 0.821 bits per heavy atom. The average Bonchev–Trinajstić information content (AvgIpc) is 2.69. The summed E-state index contributed by atoms with van der Waals surface area (Å²) in [5.74, 6) is 0. The van der Waals surface area contributed by atoms with Crippen LogP contribution < -0.4 is 4.89 Å². The maximum Gasteiger partial charge on any atom is 0.267 e. The van der Waals surface area contributed by atoms with Crippen LogP contribution in [-0.4, -0.2) is 31.8 Å². The number of hydrogen-bond acceptors (Lipinski definition) is 5. The number of hydrogen-bond donors (Lipinski definition) is 0. The van der Waals surface area contributed by atoms with Crippen molar-refractivity contribution in [1.82, 2.24) is 0 Å². The molecule has 2 unspecified atom stereocenters. The minimum absolute atomic E-state index is 0.0258. The van der Waals surface area contributed by atoms with Gasteiger partial charge in [-0.2, -0.15) is 0 Å². The zero-order valence-electron chi connectivity index (χ0n) is 18.2. The van der Waals surface area contributed by atoms with Crippen molar-refractivity contribution in [2.45, 2.75) is 109 Å². The van der Waals surface area contributed by atoms with E-state index < -0.39 is 7.82 Å². The molecule has 7 heteroatoms. The van der Waals surface area contributed by atoms with Gasteiger partial charge in [0.05, 0.1) is 19.3 Å². The topological polar surface area (TPSA) is 67.8 Å². The van der Waals surface area contributed by atoms with Crippen molar-refractivity contribution in [2.75, 3.05) is 25.7 Å². The van der Waals surface area contributed by atoms with Gasteiger partial charge in [0.2, 0.25) is 0 Å². The van der Waals surface area contributed by atoms with Gasteiger partial charge in [-0.1, -0.05) is 113 Å². The highest BCUT2D eigenvalue weighted by atomic mass is 79.9. The number of unbranched alkanes of at least 4 members (excludes halogenated alkanes) is 13. The van der Waals surface area contributed by atoms with Crippen molar-refractivity contribution >= 4 is 23.8 Å². The molecular formula is C21H43BrO5P-. The number of alkyl halides is 1. The molecule has 0 aliphatic rings. The van der Waals surface area contributed by atoms with E-state index >= 15 is 0 Å². The fraction of sp³-hybridized carbons (Fsp3) is 1.00. The minimum Gasteiger partial charge on any atom is -0.756 e. The van der Waals surface area contributed by atoms with Crippen LogP contribution in [0, 0.1) is 0 Å². The molecule has 28 heavy (non-hydrogen) atoms. The highest BCUT2D eigenvalue weighted by Gasteiger charge is 2.14. The van der Waals surface area contributed by atoms with Gasteiger partial charge in [0.1, 0.15) is 0 Å². The molecule has 0 heterocycles. The van der Waals surface area contributed by atoms with Crippen LogP contribution in [-0.2, 0) is 18.3 Å². The lowest BCUT2D eigenvalue weighted by atomic mass is 10.0. The highest BCUT2D eigenvalue weighted by Crippen LogP contribution is 2.38. The standard InChI is InChI=1S/C21H44BrO5P/c1-3-4-5-6-7-8-9-10-11-12-13-14-15-16-17-21(25-2)20-27-28(23,24)26-19-18-22/h21H,3-20H2,1-2H3,(H,23,24)/p-1. The fourth-order valence-electron chi connectivity index (χ4n) is 3.19. The summed E-state index contributed by atoms with van der Waals surface area (Å²) in [6.45, 7) is 2.37. The molecular weight excluding hydrogens is 443 g/mol. The molecule has 0 aliphatic heterocycles. The summed E-state index contributed by atoms with van der Waals surface area (Å²) >= 11 is 3.12. The molecule has 5 nitrogen and oxygen atoms in total. The minimum atomic E-state index is -4.21. The van der Waals surface area contributed by atoms with Crippen molar-refractivity contribution in [2.24, 2.45) is 0 Å². The molecule has 0 fully saturated rings. The summed E-state index contributed by atoms with van der Waals surface area (Å²) in [7, 11) is -2.62. The zero-order valence-corrected chi connectivity index (χ0v) is 20.7. The predicted molar refractivity (Wildman–Crippen MR) is 119 cm³/mol. The van der Waals surface area contributed by atoms with Crippen LogP contribution >= 0.6 is 23.8 Å². The Morgan fingerprint density at radius 3 is 1.71 bits per heavy atom. The first-order chi connectivity index (χ1) is 13.6. The van der Waals surface area contributed by atoms with Gasteiger partial charge in [0.15, 0.2) is 0 Å². The summed E-state index contributed by atoms with van der Waals surface area (Å²) in [6, 6.07) is 0. The second-order valence-electron chi connectivity index (χ2n) is 7.51. The lowest BCUT2D eigenvalue weighted by molar-refractivity contribution is -0.227. The molecule has 0 bridgehead atoms. The number of ether oxygens (including phenoxy) is 1. The molecule has 2 atom stereocenters. The zero-order chi connectivity index (χ0) is 20.9. The van der Waals surface area contributed by atoms with E-state index in [1.54, 1.807) is 7.11 Å². The summed E-state index contributed by atoms with van der Waals surface area (Å²) in [4.78, 5) is 11.5. The molecule has 0 aromatic heterocycles. The smallest absolute Gasteiger partial charge is 0.267 e. The molecule has 0 aromatic rings. The van der Waals surface area contributed by atoms with Gasteiger partial charge in [-0.05, 0) is 6.42 Å². The van der Waals surface area contributed by atoms with Crippen molar-refractivity contribution in [3.63, 3.8) is 0 Å². The van der Waals surface area contributed by atoms with Crippen molar-refractivity contribution < 1.29 is 23.2 Å². The summed E-state index contributed by atoms with van der Waals surface area (Å²) < 4.78 is 26.4. The van der Waals surface area contributed by atoms with Crippen molar-refractivity contribution in [3.8, 4) is 0 Å². The Balaban J connectivity index is 3.44. The van der Waals surface area contributed by atoms with E-state index in [9.17, 15) is 9.46 Å². The third-order valence-corrected chi connectivity index (χ3v) is 6.25. The molecule has 0 aliphatic carbocycles. The van der Waals surface area contributed by atoms with E-state index in [2.05, 4.69) is 27.4 Å². The van der Waals surface area contributed by atoms with E-state index in [4.69, 9.17) is 9.26 Å². The second kappa shape index (κ2) is 20.8. The summed E-state index contributed by atoms with van der Waals surface area (Å²) in [6.07, 6.45) is 19.2. The van der Waals surface area contributed by atoms with Gasteiger partial charge in [-0.25, -0.2) is 0 Å². The monoisotopic (exact) mass is 485 g/mol. The number of phosphoric ester groups is 1. The van der Waals surface area contributed by atoms with Crippen LogP contribution in [0.25, 0.3) is 0 Å². The molecule has 0 radical (unpaired) electrons. The van der Waals surface area contributed by atoms with Crippen LogP contribution in [0.3, 0.4) is 0 Å². The number of halogens is 1. The van der Waals surface area contributed by atoms with Gasteiger partial charge < -0.3 is 18.7 Å². The third-order valence-electron chi connectivity index (χ3n) is 4.96. The number of rotatable bonds is 22. The van der Waals surface area contributed by atoms with Crippen LogP contribution in [0.2, 0.25) is 0 Å². The first-order valence-electron chi connectivity index (χ1n) is 11.2. The first kappa shape index (κ1) is 28.5. The van der Waals surface area contributed by atoms with E-state index in [1.807, 2.05) is 0 Å². The third kappa shape index (κ3) is 19.8. The van der Waals surface area contributed by atoms with E-state index in [0.717, 1.165) is 19.3 Å². The fourth-order valence-corrected chi connectivity index (χ4v) is 4.34. The van der Waals surface area contributed by atoms with Gasteiger partial charge in [0.25, 0.3) is 7.82 Å². The van der Waals surface area contributed by atoms with Crippen molar-refractivity contribution in [3.05, 3.63) is 0 Å². The first-order valence-corrected chi connectivity index (χ1v) is 13.8. The highest BCUT2D eigenvalue weighted by molar-refractivity contribution is 9.09. The van der Waals surface area contributed by atoms with Crippen molar-refractivity contribution in [1.29, 1.82) is 0 Å². The molecule has 0 saturated heterocycles. The molecule has 0 aromatic carbocycles. The van der Waals surface area contributed by atoms with Gasteiger partial charge in [-0.3, -0.25) is 4.57 Å².